The van der Waals surface area contributed by atoms with Gasteiger partial charge in [0.05, 0.1) is 5.75 Å². The number of carbonyl (C=O) groups excluding carboxylic acids is 1. The summed E-state index contributed by atoms with van der Waals surface area (Å²) in [5.74, 6) is 0.603. The maximum Gasteiger partial charge on any atom is 0.230 e. The molecule has 3 rings (SSSR count). The van der Waals surface area contributed by atoms with Gasteiger partial charge in [0, 0.05) is 17.5 Å². The molecule has 4 heteroatoms. The van der Waals surface area contributed by atoms with Crippen LogP contribution >= 0.6 is 11.8 Å². The van der Waals surface area contributed by atoms with Crippen LogP contribution in [0.5, 0.6) is 0 Å². The van der Waals surface area contributed by atoms with E-state index < -0.39 is 0 Å². The highest BCUT2D eigenvalue weighted by Crippen LogP contribution is 2.23. The molecule has 1 fully saturated rings. The van der Waals surface area contributed by atoms with Gasteiger partial charge in [-0.25, -0.2) is 0 Å². The summed E-state index contributed by atoms with van der Waals surface area (Å²) in [6, 6.07) is 14.9. The molecular weight excluding hydrogens is 268 g/mol. The number of hydrogen-bond acceptors (Lipinski definition) is 3. The Labute approximate surface area is 123 Å². The van der Waals surface area contributed by atoms with Crippen molar-refractivity contribution in [2.24, 2.45) is 0 Å². The first-order valence-corrected chi connectivity index (χ1v) is 7.91. The zero-order chi connectivity index (χ0) is 13.8. The van der Waals surface area contributed by atoms with E-state index in [1.165, 1.54) is 10.8 Å². The van der Waals surface area contributed by atoms with E-state index in [0.29, 0.717) is 11.8 Å². The van der Waals surface area contributed by atoms with Crippen LogP contribution in [0, 0.1) is 0 Å². The first-order chi connectivity index (χ1) is 9.81. The summed E-state index contributed by atoms with van der Waals surface area (Å²) < 4.78 is 0. The van der Waals surface area contributed by atoms with Gasteiger partial charge in [0.1, 0.15) is 0 Å². The fraction of sp³-hybridized carbons (Fsp3) is 0.312. The lowest BCUT2D eigenvalue weighted by atomic mass is 10.1. The van der Waals surface area contributed by atoms with E-state index in [0.717, 1.165) is 24.4 Å². The van der Waals surface area contributed by atoms with Crippen LogP contribution < -0.4 is 10.6 Å². The zero-order valence-corrected chi connectivity index (χ0v) is 12.1. The zero-order valence-electron chi connectivity index (χ0n) is 11.3. The summed E-state index contributed by atoms with van der Waals surface area (Å²) >= 11 is 1.59. The monoisotopic (exact) mass is 286 g/mol. The van der Waals surface area contributed by atoms with Crippen molar-refractivity contribution >= 4 is 28.4 Å². The largest absolute Gasteiger partial charge is 0.351 e. The third-order valence-electron chi connectivity index (χ3n) is 3.52. The molecule has 0 radical (unpaired) electrons. The van der Waals surface area contributed by atoms with E-state index in [1.807, 2.05) is 12.1 Å². The molecule has 1 saturated heterocycles. The molecule has 0 aliphatic carbocycles. The predicted octanol–water partition coefficient (Wildman–Crippen LogP) is 2.41. The Hall–Kier alpha value is -1.52. The second-order valence-corrected chi connectivity index (χ2v) is 6.10. The molecule has 1 aliphatic heterocycles. The maximum atomic E-state index is 11.9. The van der Waals surface area contributed by atoms with Crippen LogP contribution in [0.1, 0.15) is 6.42 Å². The number of thioether (sulfide) groups is 1. The van der Waals surface area contributed by atoms with Crippen LogP contribution in [-0.2, 0) is 4.79 Å². The second-order valence-electron chi connectivity index (χ2n) is 5.05. The van der Waals surface area contributed by atoms with Crippen molar-refractivity contribution in [2.75, 3.05) is 18.8 Å². The Kier molecular flexibility index (Phi) is 4.23. The van der Waals surface area contributed by atoms with Gasteiger partial charge in [-0.1, -0.05) is 30.3 Å². The van der Waals surface area contributed by atoms with Crippen molar-refractivity contribution in [3.63, 3.8) is 0 Å². The molecule has 3 nitrogen and oxygen atoms in total. The van der Waals surface area contributed by atoms with Gasteiger partial charge in [-0.15, -0.1) is 11.8 Å². The molecule has 0 bridgehead atoms. The van der Waals surface area contributed by atoms with Crippen molar-refractivity contribution in [1.29, 1.82) is 0 Å². The standard InChI is InChI=1S/C16H18N2OS/c19-16(18-14-7-8-17-10-14)11-20-15-6-5-12-3-1-2-4-13(12)9-15/h1-6,9,14,17H,7-8,10-11H2,(H,18,19). The molecule has 1 unspecified atom stereocenters. The first kappa shape index (κ1) is 13.5. The SMILES string of the molecule is O=C(CSc1ccc2ccccc2c1)NC1CCNC1. The summed E-state index contributed by atoms with van der Waals surface area (Å²) in [6.45, 7) is 1.90. The molecule has 1 atom stereocenters. The number of carbonyl (C=O) groups is 1. The fourth-order valence-electron chi connectivity index (χ4n) is 2.45. The summed E-state index contributed by atoms with van der Waals surface area (Å²) in [7, 11) is 0. The summed E-state index contributed by atoms with van der Waals surface area (Å²) in [5, 5.41) is 8.77. The number of benzene rings is 2. The molecule has 2 aromatic carbocycles. The fourth-order valence-corrected chi connectivity index (χ4v) is 3.21. The molecule has 0 spiro atoms. The predicted molar refractivity (Wildman–Crippen MR) is 84.1 cm³/mol. The lowest BCUT2D eigenvalue weighted by molar-refractivity contribution is -0.119. The van der Waals surface area contributed by atoms with Crippen molar-refractivity contribution < 1.29 is 4.79 Å². The minimum absolute atomic E-state index is 0.122. The van der Waals surface area contributed by atoms with Crippen LogP contribution in [0.2, 0.25) is 0 Å². The van der Waals surface area contributed by atoms with E-state index in [4.69, 9.17) is 0 Å². The quantitative estimate of drug-likeness (QED) is 0.848. The summed E-state index contributed by atoms with van der Waals surface area (Å²) in [6.07, 6.45) is 1.03. The van der Waals surface area contributed by atoms with Crippen LogP contribution in [0.15, 0.2) is 47.4 Å². The topological polar surface area (TPSA) is 41.1 Å². The first-order valence-electron chi connectivity index (χ1n) is 6.93. The number of nitrogens with one attached hydrogen (secondary N) is 2. The molecule has 0 saturated carbocycles. The van der Waals surface area contributed by atoms with Crippen molar-refractivity contribution in [1.82, 2.24) is 10.6 Å². The van der Waals surface area contributed by atoms with E-state index in [1.54, 1.807) is 11.8 Å². The molecule has 1 amide bonds. The van der Waals surface area contributed by atoms with E-state index in [2.05, 4.69) is 41.0 Å². The Bertz CT molecular complexity index is 608. The average molecular weight is 286 g/mol. The van der Waals surface area contributed by atoms with Gasteiger partial charge in [-0.2, -0.15) is 0 Å². The minimum Gasteiger partial charge on any atom is -0.351 e. The van der Waals surface area contributed by atoms with Gasteiger partial charge in [0.25, 0.3) is 0 Å². The number of hydrogen-bond donors (Lipinski definition) is 2. The maximum absolute atomic E-state index is 11.9. The van der Waals surface area contributed by atoms with Gasteiger partial charge in [-0.3, -0.25) is 4.79 Å². The highest BCUT2D eigenvalue weighted by atomic mass is 32.2. The molecule has 1 heterocycles. The lowest BCUT2D eigenvalue weighted by Gasteiger charge is -2.11. The van der Waals surface area contributed by atoms with Gasteiger partial charge in [0.15, 0.2) is 0 Å². The van der Waals surface area contributed by atoms with Crippen molar-refractivity contribution in [3.05, 3.63) is 42.5 Å². The number of fused-ring (bicyclic) bond motifs is 1. The van der Waals surface area contributed by atoms with E-state index >= 15 is 0 Å². The smallest absolute Gasteiger partial charge is 0.230 e. The number of rotatable bonds is 4. The molecular formula is C16H18N2OS. The Morgan fingerprint density at radius 2 is 2.10 bits per heavy atom. The van der Waals surface area contributed by atoms with Crippen LogP contribution in [0.3, 0.4) is 0 Å². The molecule has 0 aromatic heterocycles. The van der Waals surface area contributed by atoms with E-state index in [-0.39, 0.29) is 5.91 Å². The van der Waals surface area contributed by atoms with Gasteiger partial charge in [0.2, 0.25) is 5.91 Å². The molecule has 2 N–H and O–H groups in total. The van der Waals surface area contributed by atoms with Gasteiger partial charge < -0.3 is 10.6 Å². The summed E-state index contributed by atoms with van der Waals surface area (Å²) in [4.78, 5) is 13.0. The van der Waals surface area contributed by atoms with Crippen LogP contribution in [-0.4, -0.2) is 30.8 Å². The average Bonchev–Trinajstić information content (AvgIpc) is 2.98. The van der Waals surface area contributed by atoms with Crippen LogP contribution in [0.25, 0.3) is 10.8 Å². The van der Waals surface area contributed by atoms with Crippen LogP contribution in [0.4, 0.5) is 0 Å². The Morgan fingerprint density at radius 3 is 2.90 bits per heavy atom. The third kappa shape index (κ3) is 3.32. The molecule has 20 heavy (non-hydrogen) atoms. The highest BCUT2D eigenvalue weighted by Gasteiger charge is 2.16. The van der Waals surface area contributed by atoms with Crippen molar-refractivity contribution in [2.45, 2.75) is 17.4 Å². The molecule has 1 aliphatic rings. The lowest BCUT2D eigenvalue weighted by Crippen LogP contribution is -2.37. The van der Waals surface area contributed by atoms with E-state index in [9.17, 15) is 4.79 Å². The second kappa shape index (κ2) is 6.29. The Balaban J connectivity index is 1.57. The molecule has 2 aromatic rings. The van der Waals surface area contributed by atoms with Gasteiger partial charge >= 0.3 is 0 Å². The van der Waals surface area contributed by atoms with Gasteiger partial charge in [-0.05, 0) is 35.9 Å². The normalized spacial score (nSPS) is 18.3. The molecule has 104 valence electrons. The Morgan fingerprint density at radius 1 is 1.25 bits per heavy atom. The minimum atomic E-state index is 0.122. The van der Waals surface area contributed by atoms with Crippen molar-refractivity contribution in [3.8, 4) is 0 Å². The third-order valence-corrected chi connectivity index (χ3v) is 4.51. The number of amides is 1. The summed E-state index contributed by atoms with van der Waals surface area (Å²) in [5.41, 5.74) is 0. The highest BCUT2D eigenvalue weighted by molar-refractivity contribution is 8.00.